The van der Waals surface area contributed by atoms with Crippen molar-refractivity contribution in [2.75, 3.05) is 19.6 Å². The van der Waals surface area contributed by atoms with Gasteiger partial charge in [-0.15, -0.1) is 0 Å². The molecule has 3 nitrogen and oxygen atoms in total. The van der Waals surface area contributed by atoms with E-state index in [4.69, 9.17) is 0 Å². The standard InChI is InChI=1S/C10H22N2O/c1-8-5-12(6-9(2)11-8)7-10(3,4)13/h8-9,11,13H,5-7H2,1-4H3. The van der Waals surface area contributed by atoms with Gasteiger partial charge < -0.3 is 10.4 Å². The first kappa shape index (κ1) is 11.0. The highest BCUT2D eigenvalue weighted by Crippen LogP contribution is 2.09. The fourth-order valence-electron chi connectivity index (χ4n) is 2.12. The van der Waals surface area contributed by atoms with Crippen molar-refractivity contribution >= 4 is 0 Å². The number of hydrogen-bond acceptors (Lipinski definition) is 3. The Labute approximate surface area is 81.1 Å². The SMILES string of the molecule is CC1CN(CC(C)(C)O)CC(C)N1. The summed E-state index contributed by atoms with van der Waals surface area (Å²) in [5.41, 5.74) is -0.573. The molecule has 0 aliphatic carbocycles. The van der Waals surface area contributed by atoms with Gasteiger partial charge in [-0.3, -0.25) is 4.90 Å². The van der Waals surface area contributed by atoms with Crippen LogP contribution in [-0.2, 0) is 0 Å². The highest BCUT2D eigenvalue weighted by Gasteiger charge is 2.25. The summed E-state index contributed by atoms with van der Waals surface area (Å²) in [6.07, 6.45) is 0. The van der Waals surface area contributed by atoms with Crippen LogP contribution in [0.25, 0.3) is 0 Å². The van der Waals surface area contributed by atoms with E-state index < -0.39 is 5.60 Å². The van der Waals surface area contributed by atoms with E-state index >= 15 is 0 Å². The number of aliphatic hydroxyl groups is 1. The highest BCUT2D eigenvalue weighted by atomic mass is 16.3. The Bertz CT molecular complexity index is 155. The number of piperazine rings is 1. The summed E-state index contributed by atoms with van der Waals surface area (Å²) in [5, 5.41) is 13.2. The molecular formula is C10H22N2O. The first-order valence-corrected chi connectivity index (χ1v) is 5.07. The van der Waals surface area contributed by atoms with Gasteiger partial charge in [-0.05, 0) is 27.7 Å². The van der Waals surface area contributed by atoms with Gasteiger partial charge in [-0.1, -0.05) is 0 Å². The van der Waals surface area contributed by atoms with Crippen LogP contribution in [0.1, 0.15) is 27.7 Å². The van der Waals surface area contributed by atoms with Gasteiger partial charge in [0, 0.05) is 31.7 Å². The molecule has 1 rings (SSSR count). The van der Waals surface area contributed by atoms with Crippen LogP contribution < -0.4 is 5.32 Å². The molecule has 0 aromatic heterocycles. The molecule has 0 aromatic rings. The third-order valence-corrected chi connectivity index (χ3v) is 2.24. The van der Waals surface area contributed by atoms with Gasteiger partial charge in [0.05, 0.1) is 5.60 Å². The third-order valence-electron chi connectivity index (χ3n) is 2.24. The van der Waals surface area contributed by atoms with Crippen LogP contribution in [0.2, 0.25) is 0 Å². The summed E-state index contributed by atoms with van der Waals surface area (Å²) in [4.78, 5) is 2.33. The molecule has 0 radical (unpaired) electrons. The van der Waals surface area contributed by atoms with Crippen molar-refractivity contribution in [1.29, 1.82) is 0 Å². The van der Waals surface area contributed by atoms with Crippen LogP contribution in [0.15, 0.2) is 0 Å². The minimum Gasteiger partial charge on any atom is -0.389 e. The van der Waals surface area contributed by atoms with Crippen molar-refractivity contribution < 1.29 is 5.11 Å². The van der Waals surface area contributed by atoms with Crippen LogP contribution in [-0.4, -0.2) is 47.3 Å². The number of rotatable bonds is 2. The highest BCUT2D eigenvalue weighted by molar-refractivity contribution is 4.84. The summed E-state index contributed by atoms with van der Waals surface area (Å²) in [6.45, 7) is 10.9. The molecule has 1 aliphatic rings. The molecule has 1 saturated heterocycles. The number of β-amino-alcohol motifs (C(OH)–C–C–N with tert-alkyl or cyclic N) is 1. The molecule has 0 bridgehead atoms. The molecular weight excluding hydrogens is 164 g/mol. The first-order valence-electron chi connectivity index (χ1n) is 5.07. The van der Waals surface area contributed by atoms with Crippen molar-refractivity contribution in [3.8, 4) is 0 Å². The van der Waals surface area contributed by atoms with Crippen molar-refractivity contribution in [3.05, 3.63) is 0 Å². The van der Waals surface area contributed by atoms with E-state index in [2.05, 4.69) is 24.1 Å². The molecule has 0 saturated carbocycles. The lowest BCUT2D eigenvalue weighted by Crippen LogP contribution is -2.56. The Hall–Kier alpha value is -0.120. The minimum absolute atomic E-state index is 0.533. The summed E-state index contributed by atoms with van der Waals surface area (Å²) < 4.78 is 0. The molecule has 78 valence electrons. The van der Waals surface area contributed by atoms with E-state index in [9.17, 15) is 5.11 Å². The third kappa shape index (κ3) is 4.07. The zero-order valence-electron chi connectivity index (χ0n) is 9.17. The van der Waals surface area contributed by atoms with Gasteiger partial charge in [-0.2, -0.15) is 0 Å². The van der Waals surface area contributed by atoms with Crippen LogP contribution in [0.4, 0.5) is 0 Å². The fourth-order valence-corrected chi connectivity index (χ4v) is 2.12. The smallest absolute Gasteiger partial charge is 0.0718 e. The Morgan fingerprint density at radius 3 is 2.15 bits per heavy atom. The molecule has 13 heavy (non-hydrogen) atoms. The maximum Gasteiger partial charge on any atom is 0.0718 e. The lowest BCUT2D eigenvalue weighted by atomic mass is 10.1. The van der Waals surface area contributed by atoms with E-state index in [1.807, 2.05) is 13.8 Å². The maximum atomic E-state index is 9.68. The molecule has 2 atom stereocenters. The normalized spacial score (nSPS) is 32.1. The van der Waals surface area contributed by atoms with Gasteiger partial charge in [0.1, 0.15) is 0 Å². The first-order chi connectivity index (χ1) is 5.87. The quantitative estimate of drug-likeness (QED) is 0.657. The largest absolute Gasteiger partial charge is 0.389 e. The topological polar surface area (TPSA) is 35.5 Å². The molecule has 0 aromatic carbocycles. The van der Waals surface area contributed by atoms with Gasteiger partial charge in [0.15, 0.2) is 0 Å². The van der Waals surface area contributed by atoms with Crippen molar-refractivity contribution in [1.82, 2.24) is 10.2 Å². The summed E-state index contributed by atoms with van der Waals surface area (Å²) in [7, 11) is 0. The summed E-state index contributed by atoms with van der Waals surface area (Å²) >= 11 is 0. The second-order valence-corrected chi connectivity index (χ2v) is 4.98. The van der Waals surface area contributed by atoms with E-state index in [1.54, 1.807) is 0 Å². The predicted octanol–water partition coefficient (Wildman–Crippen LogP) is 0.439. The number of nitrogens with zero attached hydrogens (tertiary/aromatic N) is 1. The maximum absolute atomic E-state index is 9.68. The second kappa shape index (κ2) is 3.95. The van der Waals surface area contributed by atoms with Crippen molar-refractivity contribution in [2.45, 2.75) is 45.4 Å². The summed E-state index contributed by atoms with van der Waals surface area (Å²) in [6, 6.07) is 1.07. The molecule has 0 amide bonds. The Balaban J connectivity index is 2.42. The van der Waals surface area contributed by atoms with Gasteiger partial charge in [-0.25, -0.2) is 0 Å². The lowest BCUT2D eigenvalue weighted by Gasteiger charge is -2.38. The Morgan fingerprint density at radius 1 is 1.31 bits per heavy atom. The molecule has 1 heterocycles. The van der Waals surface area contributed by atoms with Crippen LogP contribution in [0, 0.1) is 0 Å². The Kier molecular flexibility index (Phi) is 3.33. The lowest BCUT2D eigenvalue weighted by molar-refractivity contribution is 0.0221. The molecule has 1 aliphatic heterocycles. The number of nitrogens with one attached hydrogen (secondary N) is 1. The molecule has 3 heteroatoms. The van der Waals surface area contributed by atoms with Gasteiger partial charge in [0.25, 0.3) is 0 Å². The zero-order chi connectivity index (χ0) is 10.1. The van der Waals surface area contributed by atoms with E-state index in [0.29, 0.717) is 12.1 Å². The van der Waals surface area contributed by atoms with Crippen LogP contribution in [0.3, 0.4) is 0 Å². The minimum atomic E-state index is -0.573. The van der Waals surface area contributed by atoms with E-state index in [0.717, 1.165) is 19.6 Å². The summed E-state index contributed by atoms with van der Waals surface area (Å²) in [5.74, 6) is 0. The Morgan fingerprint density at radius 2 is 1.77 bits per heavy atom. The molecule has 1 fully saturated rings. The van der Waals surface area contributed by atoms with Crippen LogP contribution in [0.5, 0.6) is 0 Å². The van der Waals surface area contributed by atoms with Crippen LogP contribution >= 0.6 is 0 Å². The van der Waals surface area contributed by atoms with Gasteiger partial charge in [0.2, 0.25) is 0 Å². The van der Waals surface area contributed by atoms with Crippen molar-refractivity contribution in [2.24, 2.45) is 0 Å². The average molecular weight is 186 g/mol. The molecule has 0 spiro atoms. The van der Waals surface area contributed by atoms with E-state index in [-0.39, 0.29) is 0 Å². The number of hydrogen-bond donors (Lipinski definition) is 2. The fraction of sp³-hybridized carbons (Fsp3) is 1.00. The second-order valence-electron chi connectivity index (χ2n) is 4.98. The van der Waals surface area contributed by atoms with E-state index in [1.165, 1.54) is 0 Å². The molecule has 2 N–H and O–H groups in total. The average Bonchev–Trinajstić information content (AvgIpc) is 1.78. The van der Waals surface area contributed by atoms with Gasteiger partial charge >= 0.3 is 0 Å². The molecule has 2 unspecified atom stereocenters. The zero-order valence-corrected chi connectivity index (χ0v) is 9.17. The monoisotopic (exact) mass is 186 g/mol. The predicted molar refractivity (Wildman–Crippen MR) is 54.8 cm³/mol. The van der Waals surface area contributed by atoms with Crippen molar-refractivity contribution in [3.63, 3.8) is 0 Å².